The zero-order valence-corrected chi connectivity index (χ0v) is 13.6. The smallest absolute Gasteiger partial charge is 0.318 e. The monoisotopic (exact) mass is 321 g/mol. The first-order valence-corrected chi connectivity index (χ1v) is 7.41. The first-order chi connectivity index (χ1) is 10.7. The van der Waals surface area contributed by atoms with Gasteiger partial charge in [-0.05, 0) is 44.7 Å². The average molecular weight is 321 g/mol. The number of aliphatic hydroxyl groups excluding tert-OH is 2. The number of aliphatic hydroxyl groups is 2. The highest BCUT2D eigenvalue weighted by atomic mass is 16.6. The van der Waals surface area contributed by atoms with Crippen molar-refractivity contribution in [3.63, 3.8) is 0 Å². The molecule has 2 N–H and O–H groups in total. The van der Waals surface area contributed by atoms with Crippen LogP contribution in [-0.2, 0) is 16.0 Å². The van der Waals surface area contributed by atoms with Crippen LogP contribution in [0.15, 0.2) is 35.4 Å². The number of esters is 1. The fourth-order valence-corrected chi connectivity index (χ4v) is 2.01. The summed E-state index contributed by atoms with van der Waals surface area (Å²) >= 11 is 0. The van der Waals surface area contributed by atoms with E-state index in [0.29, 0.717) is 6.42 Å². The minimum Gasteiger partial charge on any atom is -0.460 e. The summed E-state index contributed by atoms with van der Waals surface area (Å²) in [6.07, 6.45) is -1.98. The number of nitrogens with zero attached hydrogens (tertiary/aromatic N) is 3. The molecule has 7 nitrogen and oxygen atoms in total. The molecule has 0 aliphatic rings. The summed E-state index contributed by atoms with van der Waals surface area (Å²) in [5.74, 6) is -0.860. The van der Waals surface area contributed by atoms with Gasteiger partial charge >= 0.3 is 5.97 Å². The number of carbonyl (C=O) groups is 1. The van der Waals surface area contributed by atoms with Gasteiger partial charge in [0.1, 0.15) is 5.60 Å². The summed E-state index contributed by atoms with van der Waals surface area (Å²) in [4.78, 5) is 14.6. The Kier molecular flexibility index (Phi) is 7.03. The molecule has 0 heterocycles. The third-order valence-electron chi connectivity index (χ3n) is 3.11. The third-order valence-corrected chi connectivity index (χ3v) is 3.11. The van der Waals surface area contributed by atoms with Crippen LogP contribution in [0.2, 0.25) is 0 Å². The fraction of sp³-hybridized carbons (Fsp3) is 0.562. The number of benzene rings is 1. The predicted octanol–water partition coefficient (Wildman–Crippen LogP) is 2.36. The fourth-order valence-electron chi connectivity index (χ4n) is 2.01. The molecule has 0 aromatic heterocycles. The highest BCUT2D eigenvalue weighted by molar-refractivity contribution is 5.77. The van der Waals surface area contributed by atoms with Crippen LogP contribution >= 0.6 is 0 Å². The van der Waals surface area contributed by atoms with Gasteiger partial charge in [0.25, 0.3) is 0 Å². The molecule has 126 valence electrons. The van der Waals surface area contributed by atoms with Crippen molar-refractivity contribution in [2.45, 2.75) is 57.5 Å². The first kappa shape index (κ1) is 19.0. The Morgan fingerprint density at radius 2 is 1.91 bits per heavy atom. The van der Waals surface area contributed by atoms with Crippen LogP contribution in [0, 0.1) is 0 Å². The Morgan fingerprint density at radius 1 is 1.30 bits per heavy atom. The van der Waals surface area contributed by atoms with Crippen LogP contribution in [0.25, 0.3) is 10.4 Å². The van der Waals surface area contributed by atoms with Gasteiger partial charge in [0, 0.05) is 4.91 Å². The largest absolute Gasteiger partial charge is 0.460 e. The van der Waals surface area contributed by atoms with Gasteiger partial charge < -0.3 is 14.9 Å². The number of hydrogen-bond donors (Lipinski definition) is 2. The molecule has 23 heavy (non-hydrogen) atoms. The molecule has 7 heteroatoms. The first-order valence-electron chi connectivity index (χ1n) is 7.41. The van der Waals surface area contributed by atoms with E-state index in [0.717, 1.165) is 5.56 Å². The van der Waals surface area contributed by atoms with Gasteiger partial charge in [-0.2, -0.15) is 0 Å². The summed E-state index contributed by atoms with van der Waals surface area (Å²) in [5.41, 5.74) is 8.79. The number of hydrogen-bond acceptors (Lipinski definition) is 5. The summed E-state index contributed by atoms with van der Waals surface area (Å²) in [5, 5.41) is 23.5. The molecule has 1 aromatic carbocycles. The number of carbonyl (C=O) groups excluding carboxylic acids is 1. The van der Waals surface area contributed by atoms with Crippen LogP contribution in [0.5, 0.6) is 0 Å². The predicted molar refractivity (Wildman–Crippen MR) is 85.6 cm³/mol. The van der Waals surface area contributed by atoms with E-state index in [2.05, 4.69) is 10.0 Å². The average Bonchev–Trinajstić information content (AvgIpc) is 2.48. The maximum Gasteiger partial charge on any atom is 0.318 e. The highest BCUT2D eigenvalue weighted by Crippen LogP contribution is 2.16. The quantitative estimate of drug-likeness (QED) is 0.347. The van der Waals surface area contributed by atoms with Gasteiger partial charge in [-0.1, -0.05) is 35.4 Å². The van der Waals surface area contributed by atoms with Crippen LogP contribution < -0.4 is 0 Å². The number of aryl methyl sites for hydroxylation is 1. The number of azide groups is 1. The van der Waals surface area contributed by atoms with E-state index < -0.39 is 29.8 Å². The Hall–Kier alpha value is -2.08. The van der Waals surface area contributed by atoms with Crippen molar-refractivity contribution < 1.29 is 19.7 Å². The molecular weight excluding hydrogens is 298 g/mol. The molecule has 0 aliphatic heterocycles. The van der Waals surface area contributed by atoms with E-state index >= 15 is 0 Å². The maximum absolute atomic E-state index is 12.0. The van der Waals surface area contributed by atoms with Crippen molar-refractivity contribution in [2.24, 2.45) is 5.11 Å². The van der Waals surface area contributed by atoms with Crippen molar-refractivity contribution in [2.75, 3.05) is 0 Å². The van der Waals surface area contributed by atoms with E-state index in [-0.39, 0.29) is 6.42 Å². The minimum absolute atomic E-state index is 0.228. The lowest BCUT2D eigenvalue weighted by Crippen LogP contribution is -2.44. The van der Waals surface area contributed by atoms with Crippen LogP contribution in [-0.4, -0.2) is 40.0 Å². The number of ether oxygens (including phenoxy) is 1. The zero-order valence-electron chi connectivity index (χ0n) is 13.6. The molecule has 1 aromatic rings. The van der Waals surface area contributed by atoms with Crippen LogP contribution in [0.4, 0.5) is 0 Å². The Balaban J connectivity index is 2.70. The molecule has 0 aliphatic carbocycles. The standard InChI is InChI=1S/C16H23N3O4/c1-16(2,3)23-15(22)13(18-19-17)14(21)12(20)10-9-11-7-5-4-6-8-11/h4-8,12-14,20-21H,9-10H2,1-3H3/t12-,13+,14+/m1/s1. The summed E-state index contributed by atoms with van der Waals surface area (Å²) in [6, 6.07) is 7.96. The minimum atomic E-state index is -1.52. The van der Waals surface area contributed by atoms with Gasteiger partial charge in [-0.25, -0.2) is 0 Å². The summed E-state index contributed by atoms with van der Waals surface area (Å²) in [7, 11) is 0. The van der Waals surface area contributed by atoms with E-state index in [1.54, 1.807) is 20.8 Å². The molecule has 0 radical (unpaired) electrons. The van der Waals surface area contributed by atoms with Gasteiger partial charge in [-0.15, -0.1) is 0 Å². The SMILES string of the molecule is CC(C)(C)OC(=O)[C@@H](N=[N+]=[N-])[C@@H](O)[C@H](O)CCc1ccccc1. The summed E-state index contributed by atoms with van der Waals surface area (Å²) in [6.45, 7) is 4.99. The molecule has 0 saturated heterocycles. The van der Waals surface area contributed by atoms with Crippen molar-refractivity contribution in [3.05, 3.63) is 46.3 Å². The molecule has 0 saturated carbocycles. The van der Waals surface area contributed by atoms with E-state index in [4.69, 9.17) is 10.3 Å². The maximum atomic E-state index is 12.0. The molecule has 0 unspecified atom stereocenters. The second-order valence-corrected chi connectivity index (χ2v) is 6.27. The third kappa shape index (κ3) is 6.69. The lowest BCUT2D eigenvalue weighted by molar-refractivity contribution is -0.161. The van der Waals surface area contributed by atoms with Gasteiger partial charge in [0.15, 0.2) is 6.04 Å². The van der Waals surface area contributed by atoms with Crippen LogP contribution in [0.1, 0.15) is 32.8 Å². The second kappa shape index (κ2) is 8.53. The van der Waals surface area contributed by atoms with Crippen LogP contribution in [0.3, 0.4) is 0 Å². The molecule has 3 atom stereocenters. The summed E-state index contributed by atoms with van der Waals surface area (Å²) < 4.78 is 5.11. The lowest BCUT2D eigenvalue weighted by Gasteiger charge is -2.26. The van der Waals surface area contributed by atoms with Crippen molar-refractivity contribution in [3.8, 4) is 0 Å². The Labute approximate surface area is 135 Å². The number of rotatable bonds is 7. The van der Waals surface area contributed by atoms with Gasteiger partial charge in [0.2, 0.25) is 0 Å². The van der Waals surface area contributed by atoms with Crippen molar-refractivity contribution in [1.82, 2.24) is 0 Å². The molecular formula is C16H23N3O4. The van der Waals surface area contributed by atoms with Gasteiger partial charge in [-0.3, -0.25) is 4.79 Å². The Morgan fingerprint density at radius 3 is 2.43 bits per heavy atom. The molecule has 1 rings (SSSR count). The van der Waals surface area contributed by atoms with Gasteiger partial charge in [0.05, 0.1) is 12.2 Å². The molecule has 0 bridgehead atoms. The normalized spacial score (nSPS) is 15.2. The Bertz CT molecular complexity index is 550. The molecule has 0 amide bonds. The van der Waals surface area contributed by atoms with E-state index in [1.807, 2.05) is 30.3 Å². The van der Waals surface area contributed by atoms with Crippen molar-refractivity contribution >= 4 is 5.97 Å². The molecule has 0 spiro atoms. The second-order valence-electron chi connectivity index (χ2n) is 6.27. The molecule has 0 fully saturated rings. The lowest BCUT2D eigenvalue weighted by atomic mass is 9.99. The van der Waals surface area contributed by atoms with E-state index in [1.165, 1.54) is 0 Å². The topological polar surface area (TPSA) is 116 Å². The highest BCUT2D eigenvalue weighted by Gasteiger charge is 2.34. The zero-order chi connectivity index (χ0) is 17.5. The van der Waals surface area contributed by atoms with E-state index in [9.17, 15) is 15.0 Å². The van der Waals surface area contributed by atoms with Crippen molar-refractivity contribution in [1.29, 1.82) is 0 Å².